The van der Waals surface area contributed by atoms with Crippen molar-refractivity contribution in [3.8, 4) is 0 Å². The molecule has 6 heteroatoms. The van der Waals surface area contributed by atoms with E-state index in [0.29, 0.717) is 17.7 Å². The predicted octanol–water partition coefficient (Wildman–Crippen LogP) is 2.26. The van der Waals surface area contributed by atoms with Gasteiger partial charge in [0.15, 0.2) is 0 Å². The molecule has 2 aromatic rings. The first-order chi connectivity index (χ1) is 11.1. The van der Waals surface area contributed by atoms with Crippen molar-refractivity contribution >= 4 is 17.5 Å². The van der Waals surface area contributed by atoms with Crippen LogP contribution < -0.4 is 10.6 Å². The molecule has 0 aliphatic heterocycles. The fourth-order valence-corrected chi connectivity index (χ4v) is 2.11. The Morgan fingerprint density at radius 3 is 2.13 bits per heavy atom. The fourth-order valence-electron chi connectivity index (χ4n) is 2.11. The minimum absolute atomic E-state index is 0.243. The van der Waals surface area contributed by atoms with Gasteiger partial charge in [-0.25, -0.2) is 0 Å². The van der Waals surface area contributed by atoms with Gasteiger partial charge in [-0.2, -0.15) is 0 Å². The Morgan fingerprint density at radius 2 is 1.57 bits per heavy atom. The standard InChI is InChI=1S/C17H20N4O2/c1-12(2)11-15(17(23)20-14-5-9-19-10-6-14)21-16(22)13-3-7-18-8-4-13/h3-10,12,15H,11H2,1-2H3,(H,21,22)(H,19,20,23)/t15-/m0/s1. The highest BCUT2D eigenvalue weighted by Gasteiger charge is 2.22. The lowest BCUT2D eigenvalue weighted by molar-refractivity contribution is -0.118. The number of pyridine rings is 2. The molecule has 2 heterocycles. The number of hydrogen-bond acceptors (Lipinski definition) is 4. The number of nitrogens with one attached hydrogen (secondary N) is 2. The van der Waals surface area contributed by atoms with Crippen LogP contribution in [0.15, 0.2) is 49.1 Å². The highest BCUT2D eigenvalue weighted by atomic mass is 16.2. The molecule has 2 N–H and O–H groups in total. The van der Waals surface area contributed by atoms with Gasteiger partial charge in [-0.3, -0.25) is 19.6 Å². The van der Waals surface area contributed by atoms with E-state index in [-0.39, 0.29) is 17.7 Å². The molecule has 0 aromatic carbocycles. The van der Waals surface area contributed by atoms with Gasteiger partial charge < -0.3 is 10.6 Å². The quantitative estimate of drug-likeness (QED) is 0.857. The summed E-state index contributed by atoms with van der Waals surface area (Å²) in [6.45, 7) is 4.01. The third kappa shape index (κ3) is 5.18. The Kier molecular flexibility index (Phi) is 5.80. The van der Waals surface area contributed by atoms with E-state index in [1.54, 1.807) is 49.1 Å². The fraction of sp³-hybridized carbons (Fsp3) is 0.294. The minimum Gasteiger partial charge on any atom is -0.340 e. The van der Waals surface area contributed by atoms with Crippen molar-refractivity contribution in [1.29, 1.82) is 0 Å². The van der Waals surface area contributed by atoms with Crippen molar-refractivity contribution in [1.82, 2.24) is 15.3 Å². The van der Waals surface area contributed by atoms with Crippen molar-refractivity contribution in [2.24, 2.45) is 5.92 Å². The Morgan fingerprint density at radius 1 is 1.00 bits per heavy atom. The van der Waals surface area contributed by atoms with Crippen molar-refractivity contribution in [3.63, 3.8) is 0 Å². The molecule has 2 rings (SSSR count). The van der Waals surface area contributed by atoms with Crippen molar-refractivity contribution in [2.75, 3.05) is 5.32 Å². The summed E-state index contributed by atoms with van der Waals surface area (Å²) in [6.07, 6.45) is 6.84. The molecule has 0 fully saturated rings. The summed E-state index contributed by atoms with van der Waals surface area (Å²) >= 11 is 0. The van der Waals surface area contributed by atoms with E-state index in [4.69, 9.17) is 0 Å². The second kappa shape index (κ2) is 8.03. The average Bonchev–Trinajstić information content (AvgIpc) is 2.55. The van der Waals surface area contributed by atoms with Crippen LogP contribution in [0.4, 0.5) is 5.69 Å². The van der Waals surface area contributed by atoms with Gasteiger partial charge in [0.2, 0.25) is 5.91 Å². The van der Waals surface area contributed by atoms with Crippen LogP contribution >= 0.6 is 0 Å². The van der Waals surface area contributed by atoms with E-state index in [9.17, 15) is 9.59 Å². The number of hydrogen-bond donors (Lipinski definition) is 2. The molecular weight excluding hydrogens is 292 g/mol. The highest BCUT2D eigenvalue weighted by molar-refractivity contribution is 6.01. The lowest BCUT2D eigenvalue weighted by atomic mass is 10.0. The Bertz CT molecular complexity index is 644. The molecule has 120 valence electrons. The largest absolute Gasteiger partial charge is 0.340 e. The molecule has 0 radical (unpaired) electrons. The summed E-state index contributed by atoms with van der Waals surface area (Å²) in [7, 11) is 0. The van der Waals surface area contributed by atoms with Crippen LogP contribution in [0.25, 0.3) is 0 Å². The van der Waals surface area contributed by atoms with Crippen LogP contribution in [0.3, 0.4) is 0 Å². The molecule has 2 amide bonds. The van der Waals surface area contributed by atoms with E-state index in [1.807, 2.05) is 13.8 Å². The second-order valence-corrected chi connectivity index (χ2v) is 5.62. The van der Waals surface area contributed by atoms with Crippen LogP contribution in [0.2, 0.25) is 0 Å². The average molecular weight is 312 g/mol. The van der Waals surface area contributed by atoms with Crippen LogP contribution in [0, 0.1) is 5.92 Å². The van der Waals surface area contributed by atoms with E-state index in [1.165, 1.54) is 0 Å². The van der Waals surface area contributed by atoms with Crippen LogP contribution in [-0.2, 0) is 4.79 Å². The van der Waals surface area contributed by atoms with Crippen LogP contribution in [0.1, 0.15) is 30.6 Å². The lowest BCUT2D eigenvalue weighted by Crippen LogP contribution is -2.44. The SMILES string of the molecule is CC(C)C[C@H](NC(=O)c1ccncc1)C(=O)Nc1ccncc1. The summed E-state index contributed by atoms with van der Waals surface area (Å²) in [5.41, 5.74) is 1.13. The maximum Gasteiger partial charge on any atom is 0.252 e. The topological polar surface area (TPSA) is 84.0 Å². The molecular formula is C17H20N4O2. The Balaban J connectivity index is 2.07. The number of carbonyl (C=O) groups excluding carboxylic acids is 2. The number of carbonyl (C=O) groups is 2. The lowest BCUT2D eigenvalue weighted by Gasteiger charge is -2.20. The highest BCUT2D eigenvalue weighted by Crippen LogP contribution is 2.10. The molecule has 23 heavy (non-hydrogen) atoms. The monoisotopic (exact) mass is 312 g/mol. The zero-order valence-electron chi connectivity index (χ0n) is 13.2. The van der Waals surface area contributed by atoms with Crippen LogP contribution in [-0.4, -0.2) is 27.8 Å². The minimum atomic E-state index is -0.608. The third-order valence-corrected chi connectivity index (χ3v) is 3.22. The zero-order chi connectivity index (χ0) is 16.7. The van der Waals surface area contributed by atoms with Gasteiger partial charge in [-0.05, 0) is 36.6 Å². The van der Waals surface area contributed by atoms with E-state index in [0.717, 1.165) is 0 Å². The Labute approximate surface area is 135 Å². The molecule has 0 aliphatic carbocycles. The Hall–Kier alpha value is -2.76. The van der Waals surface area contributed by atoms with Gasteiger partial charge >= 0.3 is 0 Å². The van der Waals surface area contributed by atoms with Crippen molar-refractivity contribution in [3.05, 3.63) is 54.6 Å². The van der Waals surface area contributed by atoms with E-state index >= 15 is 0 Å². The third-order valence-electron chi connectivity index (χ3n) is 3.22. The summed E-state index contributed by atoms with van der Waals surface area (Å²) in [4.78, 5) is 32.5. The predicted molar refractivity (Wildman–Crippen MR) is 87.8 cm³/mol. The smallest absolute Gasteiger partial charge is 0.252 e. The summed E-state index contributed by atoms with van der Waals surface area (Å²) < 4.78 is 0. The molecule has 0 bridgehead atoms. The van der Waals surface area contributed by atoms with Gasteiger partial charge in [-0.1, -0.05) is 13.8 Å². The summed E-state index contributed by atoms with van der Waals surface area (Å²) in [6, 6.07) is 6.03. The van der Waals surface area contributed by atoms with Gasteiger partial charge in [0.1, 0.15) is 6.04 Å². The molecule has 0 unspecified atom stereocenters. The molecule has 2 aromatic heterocycles. The van der Waals surface area contributed by atoms with E-state index in [2.05, 4.69) is 20.6 Å². The normalized spacial score (nSPS) is 11.8. The summed E-state index contributed by atoms with van der Waals surface area (Å²) in [5.74, 6) is -0.267. The zero-order valence-corrected chi connectivity index (χ0v) is 13.2. The first-order valence-electron chi connectivity index (χ1n) is 7.48. The molecule has 6 nitrogen and oxygen atoms in total. The van der Waals surface area contributed by atoms with Crippen molar-refractivity contribution < 1.29 is 9.59 Å². The molecule has 0 saturated carbocycles. The molecule has 0 aliphatic rings. The first-order valence-corrected chi connectivity index (χ1v) is 7.48. The van der Waals surface area contributed by atoms with Gasteiger partial charge in [-0.15, -0.1) is 0 Å². The number of aromatic nitrogens is 2. The van der Waals surface area contributed by atoms with Gasteiger partial charge in [0.25, 0.3) is 5.91 Å². The van der Waals surface area contributed by atoms with Gasteiger partial charge in [0.05, 0.1) is 0 Å². The maximum absolute atomic E-state index is 12.5. The molecule has 1 atom stereocenters. The van der Waals surface area contributed by atoms with E-state index < -0.39 is 6.04 Å². The number of nitrogens with zero attached hydrogens (tertiary/aromatic N) is 2. The van der Waals surface area contributed by atoms with Gasteiger partial charge in [0, 0.05) is 36.0 Å². The first kappa shape index (κ1) is 16.6. The summed E-state index contributed by atoms with van der Waals surface area (Å²) in [5, 5.41) is 5.59. The van der Waals surface area contributed by atoms with Crippen molar-refractivity contribution in [2.45, 2.75) is 26.3 Å². The number of anilines is 1. The van der Waals surface area contributed by atoms with Crippen LogP contribution in [0.5, 0.6) is 0 Å². The second-order valence-electron chi connectivity index (χ2n) is 5.62. The maximum atomic E-state index is 12.5. The number of rotatable bonds is 6. The molecule has 0 spiro atoms. The number of amides is 2. The molecule has 0 saturated heterocycles.